The number of Topliss-reactive ketones (excluding diaryl/α,β-unsaturated/α-hetero) is 1. The minimum absolute atomic E-state index is 0.278. The van der Waals surface area contributed by atoms with Crippen LogP contribution in [0, 0.1) is 5.41 Å². The molecule has 1 saturated heterocycles. The zero-order valence-electron chi connectivity index (χ0n) is 15.9. The quantitative estimate of drug-likeness (QED) is 0.553. The molecule has 2 amide bonds. The molecule has 1 heterocycles. The molecule has 0 spiro atoms. The number of hydrogen-bond donors (Lipinski definition) is 0. The van der Waals surface area contributed by atoms with Gasteiger partial charge < -0.3 is 4.74 Å². The third kappa shape index (κ3) is 4.84. The van der Waals surface area contributed by atoms with Gasteiger partial charge in [-0.05, 0) is 31.2 Å². The molecule has 1 aliphatic rings. The first-order chi connectivity index (χ1) is 12.4. The fourth-order valence-corrected chi connectivity index (χ4v) is 2.73. The molecule has 0 atom stereocenters. The van der Waals surface area contributed by atoms with Crippen LogP contribution in [0.3, 0.4) is 0 Å². The number of ether oxygens (including phenoxy) is 1. The average Bonchev–Trinajstić information content (AvgIpc) is 3.14. The van der Waals surface area contributed by atoms with Gasteiger partial charge >= 0.3 is 12.0 Å². The molecule has 0 bridgehead atoms. The van der Waals surface area contributed by atoms with Crippen molar-refractivity contribution < 1.29 is 19.1 Å². The van der Waals surface area contributed by atoms with E-state index in [0.29, 0.717) is 32.4 Å². The molecule has 0 aliphatic carbocycles. The number of rotatable bonds is 7. The van der Waals surface area contributed by atoms with Crippen LogP contribution in [-0.2, 0) is 20.7 Å². The lowest BCUT2D eigenvalue weighted by atomic mass is 9.85. The zero-order valence-corrected chi connectivity index (χ0v) is 15.9. The van der Waals surface area contributed by atoms with Crippen molar-refractivity contribution in [1.82, 2.24) is 10.0 Å². The third-order valence-electron chi connectivity index (χ3n) is 4.85. The van der Waals surface area contributed by atoms with E-state index < -0.39 is 23.2 Å². The summed E-state index contributed by atoms with van der Waals surface area (Å²) in [5.74, 6) is -1.10. The summed E-state index contributed by atoms with van der Waals surface area (Å²) in [6.45, 7) is 6.40. The molecular formula is C20H28N2O4. The summed E-state index contributed by atoms with van der Waals surface area (Å²) < 4.78 is 5.30. The predicted octanol–water partition coefficient (Wildman–Crippen LogP) is 3.21. The number of hydrogen-bond acceptors (Lipinski definition) is 4. The number of hydrazine groups is 1. The second kappa shape index (κ2) is 8.83. The van der Waals surface area contributed by atoms with Crippen molar-refractivity contribution in [2.45, 2.75) is 46.5 Å². The van der Waals surface area contributed by atoms with Gasteiger partial charge in [-0.3, -0.25) is 9.59 Å². The minimum Gasteiger partial charge on any atom is -0.448 e. The summed E-state index contributed by atoms with van der Waals surface area (Å²) in [7, 11) is 0. The second-order valence-electron chi connectivity index (χ2n) is 7.18. The van der Waals surface area contributed by atoms with Gasteiger partial charge in [0.15, 0.2) is 0 Å². The summed E-state index contributed by atoms with van der Waals surface area (Å²) in [5, 5.41) is 2.49. The van der Waals surface area contributed by atoms with Gasteiger partial charge in [-0.25, -0.2) is 14.8 Å². The van der Waals surface area contributed by atoms with E-state index in [0.717, 1.165) is 6.42 Å². The van der Waals surface area contributed by atoms with E-state index in [9.17, 15) is 14.4 Å². The smallest absolute Gasteiger partial charge is 0.428 e. The van der Waals surface area contributed by atoms with Gasteiger partial charge in [0, 0.05) is 18.5 Å². The van der Waals surface area contributed by atoms with E-state index in [1.54, 1.807) is 13.8 Å². The highest BCUT2D eigenvalue weighted by atomic mass is 16.6. The van der Waals surface area contributed by atoms with Crippen LogP contribution in [0.15, 0.2) is 30.3 Å². The van der Waals surface area contributed by atoms with E-state index in [1.165, 1.54) is 15.6 Å². The predicted molar refractivity (Wildman–Crippen MR) is 98.2 cm³/mol. The van der Waals surface area contributed by atoms with Crippen LogP contribution in [0.4, 0.5) is 4.79 Å². The lowest BCUT2D eigenvalue weighted by Crippen LogP contribution is -2.50. The van der Waals surface area contributed by atoms with Crippen LogP contribution in [-0.4, -0.2) is 47.5 Å². The molecule has 142 valence electrons. The van der Waals surface area contributed by atoms with Crippen molar-refractivity contribution in [1.29, 1.82) is 0 Å². The summed E-state index contributed by atoms with van der Waals surface area (Å²) in [4.78, 5) is 37.2. The molecule has 1 aromatic carbocycles. The van der Waals surface area contributed by atoms with Crippen molar-refractivity contribution in [3.8, 4) is 0 Å². The van der Waals surface area contributed by atoms with Crippen LogP contribution in [0.5, 0.6) is 0 Å². The Labute approximate surface area is 155 Å². The molecular weight excluding hydrogens is 332 g/mol. The molecule has 0 aromatic heterocycles. The Morgan fingerprint density at radius 3 is 2.38 bits per heavy atom. The lowest BCUT2D eigenvalue weighted by molar-refractivity contribution is -0.156. The van der Waals surface area contributed by atoms with Gasteiger partial charge in [-0.15, -0.1) is 0 Å². The number of aryl methyl sites for hydroxylation is 1. The first-order valence-corrected chi connectivity index (χ1v) is 9.21. The first-order valence-electron chi connectivity index (χ1n) is 9.21. The number of benzene rings is 1. The van der Waals surface area contributed by atoms with Crippen LogP contribution in [0.1, 0.15) is 45.6 Å². The third-order valence-corrected chi connectivity index (χ3v) is 4.85. The molecule has 0 N–H and O–H groups in total. The number of carbonyl (C=O) groups excluding carboxylic acids is 3. The van der Waals surface area contributed by atoms with E-state index >= 15 is 0 Å². The second-order valence-corrected chi connectivity index (χ2v) is 7.18. The molecule has 6 heteroatoms. The molecule has 2 rings (SSSR count). The van der Waals surface area contributed by atoms with Crippen LogP contribution >= 0.6 is 0 Å². The van der Waals surface area contributed by atoms with Crippen molar-refractivity contribution in [2.75, 3.05) is 19.7 Å². The molecule has 0 radical (unpaired) electrons. The standard InChI is InChI=1S/C20H28N2O4/c1-4-20(2,3)17(23)18(24)21-13-9-14-22(21)19(25)26-15-8-12-16-10-6-5-7-11-16/h5-7,10-11H,4,8-9,12-15H2,1-3H3. The van der Waals surface area contributed by atoms with E-state index in [-0.39, 0.29) is 6.61 Å². The number of ketones is 1. The van der Waals surface area contributed by atoms with Crippen LogP contribution < -0.4 is 0 Å². The zero-order chi connectivity index (χ0) is 19.2. The highest BCUT2D eigenvalue weighted by Gasteiger charge is 2.40. The molecule has 1 aromatic rings. The molecule has 0 unspecified atom stereocenters. The lowest BCUT2D eigenvalue weighted by Gasteiger charge is -2.29. The fourth-order valence-electron chi connectivity index (χ4n) is 2.73. The largest absolute Gasteiger partial charge is 0.448 e. The highest BCUT2D eigenvalue weighted by Crippen LogP contribution is 2.24. The Hall–Kier alpha value is -2.37. The maximum Gasteiger partial charge on any atom is 0.428 e. The Bertz CT molecular complexity index is 642. The van der Waals surface area contributed by atoms with Crippen LogP contribution in [0.2, 0.25) is 0 Å². The maximum absolute atomic E-state index is 12.5. The normalized spacial score (nSPS) is 14.4. The summed E-state index contributed by atoms with van der Waals surface area (Å²) in [5.41, 5.74) is 0.458. The monoisotopic (exact) mass is 360 g/mol. The van der Waals surface area contributed by atoms with Gasteiger partial charge in [-0.1, -0.05) is 51.1 Å². The molecule has 0 saturated carbocycles. The van der Waals surface area contributed by atoms with E-state index in [1.807, 2.05) is 37.3 Å². The van der Waals surface area contributed by atoms with Gasteiger partial charge in [0.25, 0.3) is 0 Å². The summed E-state index contributed by atoms with van der Waals surface area (Å²) in [6.07, 6.45) is 2.17. The van der Waals surface area contributed by atoms with E-state index in [2.05, 4.69) is 0 Å². The summed E-state index contributed by atoms with van der Waals surface area (Å²) >= 11 is 0. The van der Waals surface area contributed by atoms with Crippen LogP contribution in [0.25, 0.3) is 0 Å². The maximum atomic E-state index is 12.5. The Morgan fingerprint density at radius 1 is 1.08 bits per heavy atom. The number of nitrogens with zero attached hydrogens (tertiary/aromatic N) is 2. The molecule has 1 fully saturated rings. The van der Waals surface area contributed by atoms with Gasteiger partial charge in [-0.2, -0.15) is 0 Å². The van der Waals surface area contributed by atoms with Gasteiger partial charge in [0.05, 0.1) is 6.61 Å². The van der Waals surface area contributed by atoms with Crippen molar-refractivity contribution in [3.63, 3.8) is 0 Å². The van der Waals surface area contributed by atoms with Crippen molar-refractivity contribution in [2.24, 2.45) is 5.41 Å². The fraction of sp³-hybridized carbons (Fsp3) is 0.550. The van der Waals surface area contributed by atoms with Gasteiger partial charge in [0.1, 0.15) is 0 Å². The Kier molecular flexibility index (Phi) is 6.77. The van der Waals surface area contributed by atoms with E-state index in [4.69, 9.17) is 4.74 Å². The number of carbonyl (C=O) groups is 3. The Balaban J connectivity index is 1.85. The summed E-state index contributed by atoms with van der Waals surface area (Å²) in [6, 6.07) is 9.98. The topological polar surface area (TPSA) is 66.9 Å². The molecule has 1 aliphatic heterocycles. The average molecular weight is 360 g/mol. The minimum atomic E-state index is -0.731. The SMILES string of the molecule is CCC(C)(C)C(=O)C(=O)N1CCCN1C(=O)OCCCc1ccccc1. The van der Waals surface area contributed by atoms with Crippen molar-refractivity contribution >= 4 is 17.8 Å². The number of amides is 2. The van der Waals surface area contributed by atoms with Crippen molar-refractivity contribution in [3.05, 3.63) is 35.9 Å². The molecule has 6 nitrogen and oxygen atoms in total. The Morgan fingerprint density at radius 2 is 1.73 bits per heavy atom. The first kappa shape index (κ1) is 19.9. The highest BCUT2D eigenvalue weighted by molar-refractivity contribution is 6.37. The molecule has 26 heavy (non-hydrogen) atoms. The van der Waals surface area contributed by atoms with Gasteiger partial charge in [0.2, 0.25) is 5.78 Å².